The van der Waals surface area contributed by atoms with E-state index in [1.165, 1.54) is 38.2 Å². The Morgan fingerprint density at radius 2 is 1.64 bits per heavy atom. The zero-order chi connectivity index (χ0) is 28.0. The Kier molecular flexibility index (Phi) is 12.1. The minimum Gasteiger partial charge on any atom is -0.462 e. The van der Waals surface area contributed by atoms with Crippen molar-refractivity contribution >= 4 is 29.4 Å². The Balaban J connectivity index is 1.36. The van der Waals surface area contributed by atoms with E-state index in [2.05, 4.69) is 6.58 Å². The molecule has 0 amide bonds. The summed E-state index contributed by atoms with van der Waals surface area (Å²) in [5.74, 6) is 0.643. The smallest absolute Gasteiger partial charge is 0.330 e. The third-order valence-electron chi connectivity index (χ3n) is 7.51. The minimum atomic E-state index is -0.433. The quantitative estimate of drug-likeness (QED) is 0.0654. The highest BCUT2D eigenvalue weighted by Crippen LogP contribution is 2.33. The average molecular weight is 533 g/mol. The molecule has 3 rings (SSSR count). The van der Waals surface area contributed by atoms with Crippen LogP contribution in [0, 0.1) is 11.8 Å². The van der Waals surface area contributed by atoms with Gasteiger partial charge in [-0.1, -0.05) is 50.8 Å². The molecule has 0 aliphatic heterocycles. The fourth-order valence-corrected chi connectivity index (χ4v) is 5.11. The molecule has 0 heterocycles. The third kappa shape index (κ3) is 10.6. The number of anilines is 2. The minimum absolute atomic E-state index is 0.0191. The summed E-state index contributed by atoms with van der Waals surface area (Å²) in [4.78, 5) is 24.9. The Hall–Kier alpha value is -3.54. The van der Waals surface area contributed by atoms with Crippen LogP contribution in [-0.4, -0.2) is 18.5 Å². The molecule has 6 heteroatoms. The first-order valence-electron chi connectivity index (χ1n) is 14.3. The van der Waals surface area contributed by atoms with Crippen molar-refractivity contribution in [3.8, 4) is 5.75 Å². The monoisotopic (exact) mass is 532 g/mol. The SMILES string of the molecule is C=CCCCCCCC1CCC(C(=O)Oc2ccc(/C=C/C(=O)OCC(C)c3cc(N)cc(N)c3)cc2)CC1. The van der Waals surface area contributed by atoms with Gasteiger partial charge in [0, 0.05) is 23.4 Å². The largest absolute Gasteiger partial charge is 0.462 e. The lowest BCUT2D eigenvalue weighted by Crippen LogP contribution is -2.25. The first-order valence-corrected chi connectivity index (χ1v) is 14.3. The molecule has 210 valence electrons. The van der Waals surface area contributed by atoms with E-state index >= 15 is 0 Å². The summed E-state index contributed by atoms with van der Waals surface area (Å²) in [5, 5.41) is 0. The number of carbonyl (C=O) groups is 2. The molecular weight excluding hydrogens is 488 g/mol. The molecule has 1 fully saturated rings. The maximum Gasteiger partial charge on any atom is 0.330 e. The van der Waals surface area contributed by atoms with Gasteiger partial charge in [0.2, 0.25) is 0 Å². The number of nitrogen functional groups attached to an aromatic ring is 2. The summed E-state index contributed by atoms with van der Waals surface area (Å²) >= 11 is 0. The van der Waals surface area contributed by atoms with Crippen LogP contribution in [0.5, 0.6) is 5.75 Å². The number of hydrogen-bond donors (Lipinski definition) is 2. The van der Waals surface area contributed by atoms with Crippen LogP contribution in [0.2, 0.25) is 0 Å². The van der Waals surface area contributed by atoms with E-state index in [1.54, 1.807) is 24.3 Å². The second kappa shape index (κ2) is 15.8. The van der Waals surface area contributed by atoms with Crippen molar-refractivity contribution in [3.63, 3.8) is 0 Å². The normalized spacial score (nSPS) is 18.0. The van der Waals surface area contributed by atoms with Crippen molar-refractivity contribution in [2.45, 2.75) is 77.0 Å². The number of ether oxygens (including phenoxy) is 2. The number of rotatable bonds is 14. The summed E-state index contributed by atoms with van der Waals surface area (Å²) < 4.78 is 11.0. The van der Waals surface area contributed by atoms with Crippen LogP contribution >= 0.6 is 0 Å². The van der Waals surface area contributed by atoms with Crippen LogP contribution in [0.1, 0.15) is 88.2 Å². The summed E-state index contributed by atoms with van der Waals surface area (Å²) in [6.45, 7) is 5.95. The van der Waals surface area contributed by atoms with Crippen molar-refractivity contribution in [1.29, 1.82) is 0 Å². The van der Waals surface area contributed by atoms with E-state index < -0.39 is 5.97 Å². The van der Waals surface area contributed by atoms with Gasteiger partial charge in [-0.15, -0.1) is 6.58 Å². The number of benzene rings is 2. The fourth-order valence-electron chi connectivity index (χ4n) is 5.11. The molecule has 0 bridgehead atoms. The number of hydrogen-bond acceptors (Lipinski definition) is 6. The van der Waals surface area contributed by atoms with Gasteiger partial charge in [0.25, 0.3) is 0 Å². The zero-order valence-electron chi connectivity index (χ0n) is 23.3. The molecular formula is C33H44N2O4. The Morgan fingerprint density at radius 3 is 2.31 bits per heavy atom. The van der Waals surface area contributed by atoms with Gasteiger partial charge in [-0.3, -0.25) is 4.79 Å². The Labute approximate surface area is 233 Å². The summed E-state index contributed by atoms with van der Waals surface area (Å²) in [5.41, 5.74) is 14.6. The Bertz CT molecular complexity index is 1080. The molecule has 6 nitrogen and oxygen atoms in total. The molecule has 1 saturated carbocycles. The summed E-state index contributed by atoms with van der Waals surface area (Å²) in [6.07, 6.45) is 16.6. The predicted octanol–water partition coefficient (Wildman–Crippen LogP) is 7.45. The standard InChI is InChI=1S/C33H44N2O4/c1-3-4-5-6-7-8-9-25-10-15-27(16-11-25)33(37)39-31-17-12-26(13-18-31)14-19-32(36)38-23-24(2)28-20-29(34)22-30(35)21-28/h3,12-14,17-22,24-25,27H,1,4-11,15-16,23,34-35H2,2H3/b19-14+. The second-order valence-electron chi connectivity index (χ2n) is 10.8. The highest BCUT2D eigenvalue weighted by atomic mass is 16.5. The molecule has 4 N–H and O–H groups in total. The van der Waals surface area contributed by atoms with Crippen LogP contribution in [0.3, 0.4) is 0 Å². The molecule has 0 saturated heterocycles. The summed E-state index contributed by atoms with van der Waals surface area (Å²) in [6, 6.07) is 12.5. The predicted molar refractivity (Wildman–Crippen MR) is 159 cm³/mol. The van der Waals surface area contributed by atoms with Crippen molar-refractivity contribution in [2.24, 2.45) is 11.8 Å². The summed E-state index contributed by atoms with van der Waals surface area (Å²) in [7, 11) is 0. The number of nitrogens with two attached hydrogens (primary N) is 2. The van der Waals surface area contributed by atoms with Gasteiger partial charge in [-0.2, -0.15) is 0 Å². The molecule has 1 unspecified atom stereocenters. The van der Waals surface area contributed by atoms with Crippen LogP contribution in [-0.2, 0) is 14.3 Å². The van der Waals surface area contributed by atoms with Crippen molar-refractivity contribution in [1.82, 2.24) is 0 Å². The Morgan fingerprint density at radius 1 is 0.974 bits per heavy atom. The molecule has 1 atom stereocenters. The highest BCUT2D eigenvalue weighted by molar-refractivity contribution is 5.87. The van der Waals surface area contributed by atoms with Crippen LogP contribution in [0.4, 0.5) is 11.4 Å². The van der Waals surface area contributed by atoms with E-state index in [0.717, 1.165) is 49.1 Å². The maximum atomic E-state index is 12.7. The van der Waals surface area contributed by atoms with E-state index in [4.69, 9.17) is 20.9 Å². The van der Waals surface area contributed by atoms with Gasteiger partial charge in [0.15, 0.2) is 0 Å². The van der Waals surface area contributed by atoms with Crippen LogP contribution in [0.15, 0.2) is 61.2 Å². The molecule has 2 aromatic carbocycles. The fraction of sp³-hybridized carbons (Fsp3) is 0.455. The molecule has 0 spiro atoms. The van der Waals surface area contributed by atoms with E-state index in [0.29, 0.717) is 17.1 Å². The van der Waals surface area contributed by atoms with Gasteiger partial charge in [0.1, 0.15) is 5.75 Å². The lowest BCUT2D eigenvalue weighted by Gasteiger charge is -2.27. The lowest BCUT2D eigenvalue weighted by molar-refractivity contribution is -0.140. The third-order valence-corrected chi connectivity index (χ3v) is 7.51. The second-order valence-corrected chi connectivity index (χ2v) is 10.8. The van der Waals surface area contributed by atoms with Gasteiger partial charge in [-0.05, 0) is 92.0 Å². The van der Waals surface area contributed by atoms with Crippen molar-refractivity contribution < 1.29 is 19.1 Å². The molecule has 0 radical (unpaired) electrons. The van der Waals surface area contributed by atoms with Crippen LogP contribution in [0.25, 0.3) is 6.08 Å². The molecule has 2 aromatic rings. The first-order chi connectivity index (χ1) is 18.8. The van der Waals surface area contributed by atoms with E-state index in [-0.39, 0.29) is 24.4 Å². The lowest BCUT2D eigenvalue weighted by atomic mass is 9.80. The van der Waals surface area contributed by atoms with E-state index in [1.807, 2.05) is 37.3 Å². The maximum absolute atomic E-state index is 12.7. The topological polar surface area (TPSA) is 105 Å². The van der Waals surface area contributed by atoms with Crippen LogP contribution < -0.4 is 16.2 Å². The van der Waals surface area contributed by atoms with Gasteiger partial charge >= 0.3 is 11.9 Å². The number of allylic oxidation sites excluding steroid dienone is 1. The first kappa shape index (κ1) is 30.0. The molecule has 39 heavy (non-hydrogen) atoms. The number of carbonyl (C=O) groups excluding carboxylic acids is 2. The highest BCUT2D eigenvalue weighted by Gasteiger charge is 2.27. The van der Waals surface area contributed by atoms with Gasteiger partial charge < -0.3 is 20.9 Å². The average Bonchev–Trinajstić information content (AvgIpc) is 2.93. The zero-order valence-corrected chi connectivity index (χ0v) is 23.3. The van der Waals surface area contributed by atoms with E-state index in [9.17, 15) is 9.59 Å². The molecule has 0 aromatic heterocycles. The van der Waals surface area contributed by atoms with Crippen molar-refractivity contribution in [2.75, 3.05) is 18.1 Å². The number of unbranched alkanes of at least 4 members (excludes halogenated alkanes) is 4. The molecule has 1 aliphatic rings. The molecule has 1 aliphatic carbocycles. The number of esters is 2. The van der Waals surface area contributed by atoms with Gasteiger partial charge in [0.05, 0.1) is 12.5 Å². The van der Waals surface area contributed by atoms with Crippen molar-refractivity contribution in [3.05, 3.63) is 72.3 Å². The van der Waals surface area contributed by atoms with Gasteiger partial charge in [-0.25, -0.2) is 4.79 Å².